The van der Waals surface area contributed by atoms with Crippen LogP contribution in [0.1, 0.15) is 16.2 Å². The van der Waals surface area contributed by atoms with Crippen LogP contribution in [0.2, 0.25) is 0 Å². The molecule has 1 heterocycles. The number of carbonyl (C=O) groups excluding carboxylic acids is 1. The van der Waals surface area contributed by atoms with Gasteiger partial charge in [-0.25, -0.2) is 4.98 Å². The van der Waals surface area contributed by atoms with Crippen molar-refractivity contribution in [3.8, 4) is 5.75 Å². The monoisotopic (exact) mass is 163 g/mol. The summed E-state index contributed by atoms with van der Waals surface area (Å²) in [6, 6.07) is 3.28. The van der Waals surface area contributed by atoms with E-state index in [1.54, 1.807) is 25.3 Å². The summed E-state index contributed by atoms with van der Waals surface area (Å²) < 4.78 is 4.99. The fourth-order valence-electron chi connectivity index (χ4n) is 0.862. The predicted octanol–water partition coefficient (Wildman–Crippen LogP) is 1.55. The Hall–Kier alpha value is -1.64. The second-order valence-corrected chi connectivity index (χ2v) is 2.15. The molecule has 12 heavy (non-hydrogen) atoms. The zero-order chi connectivity index (χ0) is 8.97. The van der Waals surface area contributed by atoms with Gasteiger partial charge in [-0.3, -0.25) is 4.79 Å². The van der Waals surface area contributed by atoms with Crippen LogP contribution in [-0.2, 0) is 0 Å². The molecule has 3 heteroatoms. The Bertz CT molecular complexity index is 307. The van der Waals surface area contributed by atoms with Crippen LogP contribution in [0.15, 0.2) is 18.7 Å². The second-order valence-electron chi connectivity index (χ2n) is 2.15. The van der Waals surface area contributed by atoms with E-state index < -0.39 is 0 Å². The highest BCUT2D eigenvalue weighted by Gasteiger charge is 2.00. The van der Waals surface area contributed by atoms with Crippen LogP contribution in [-0.4, -0.2) is 18.4 Å². The first-order chi connectivity index (χ1) is 5.81. The molecule has 0 saturated carbocycles. The zero-order valence-electron chi connectivity index (χ0n) is 6.78. The van der Waals surface area contributed by atoms with Crippen LogP contribution in [0.4, 0.5) is 0 Å². The van der Waals surface area contributed by atoms with Gasteiger partial charge in [0.25, 0.3) is 0 Å². The van der Waals surface area contributed by atoms with Crippen LogP contribution in [0, 0.1) is 0 Å². The molecule has 0 saturated heterocycles. The molecule has 0 fully saturated rings. The summed E-state index contributed by atoms with van der Waals surface area (Å²) in [5.41, 5.74) is 0.966. The summed E-state index contributed by atoms with van der Waals surface area (Å²) in [6.45, 7) is 3.56. The van der Waals surface area contributed by atoms with Gasteiger partial charge in [0.15, 0.2) is 6.29 Å². The Morgan fingerprint density at radius 1 is 1.58 bits per heavy atom. The summed E-state index contributed by atoms with van der Waals surface area (Å²) in [7, 11) is 1.55. The molecule has 0 spiro atoms. The quantitative estimate of drug-likeness (QED) is 0.634. The lowest BCUT2D eigenvalue weighted by Crippen LogP contribution is -1.93. The van der Waals surface area contributed by atoms with Crippen molar-refractivity contribution >= 4 is 12.4 Å². The van der Waals surface area contributed by atoms with Gasteiger partial charge in [-0.15, -0.1) is 0 Å². The third-order valence-electron chi connectivity index (χ3n) is 1.44. The molecule has 0 radical (unpaired) electrons. The van der Waals surface area contributed by atoms with E-state index in [1.807, 2.05) is 0 Å². The first-order valence-electron chi connectivity index (χ1n) is 3.44. The molecule has 0 aliphatic heterocycles. The summed E-state index contributed by atoms with van der Waals surface area (Å²) >= 11 is 0. The molecule has 62 valence electrons. The number of pyridine rings is 1. The highest BCUT2D eigenvalue weighted by molar-refractivity contribution is 5.73. The van der Waals surface area contributed by atoms with Gasteiger partial charge in [-0.1, -0.05) is 6.58 Å². The van der Waals surface area contributed by atoms with Crippen molar-refractivity contribution in [3.05, 3.63) is 30.1 Å². The lowest BCUT2D eigenvalue weighted by Gasteiger charge is -2.02. The largest absolute Gasteiger partial charge is 0.494 e. The lowest BCUT2D eigenvalue weighted by molar-refractivity contribution is 0.111. The third-order valence-corrected chi connectivity index (χ3v) is 1.44. The normalized spacial score (nSPS) is 9.08. The standard InChI is InChI=1S/C9H9NO2/c1-3-8-9(12-2)5-4-7(6-11)10-8/h3-6H,1H2,2H3. The second kappa shape index (κ2) is 3.67. The molecular formula is C9H9NO2. The topological polar surface area (TPSA) is 39.2 Å². The highest BCUT2D eigenvalue weighted by Crippen LogP contribution is 2.16. The average Bonchev–Trinajstić information content (AvgIpc) is 2.16. The lowest BCUT2D eigenvalue weighted by atomic mass is 10.3. The van der Waals surface area contributed by atoms with Crippen molar-refractivity contribution in [2.75, 3.05) is 7.11 Å². The minimum atomic E-state index is 0.380. The number of nitrogens with zero attached hydrogens (tertiary/aromatic N) is 1. The fraction of sp³-hybridized carbons (Fsp3) is 0.111. The molecule has 0 aliphatic rings. The Balaban J connectivity index is 3.18. The highest BCUT2D eigenvalue weighted by atomic mass is 16.5. The number of methoxy groups -OCH3 is 1. The Labute approximate surface area is 70.7 Å². The van der Waals surface area contributed by atoms with E-state index in [1.165, 1.54) is 0 Å². The molecule has 0 unspecified atom stereocenters. The molecule has 1 rings (SSSR count). The number of rotatable bonds is 3. The first kappa shape index (κ1) is 8.46. The van der Waals surface area contributed by atoms with Crippen molar-refractivity contribution in [1.29, 1.82) is 0 Å². The van der Waals surface area contributed by atoms with Crippen molar-refractivity contribution in [3.63, 3.8) is 0 Å². The number of aldehydes is 1. The molecule has 0 N–H and O–H groups in total. The Kier molecular flexibility index (Phi) is 2.58. The molecular weight excluding hydrogens is 154 g/mol. The van der Waals surface area contributed by atoms with Crippen LogP contribution < -0.4 is 4.74 Å². The smallest absolute Gasteiger partial charge is 0.168 e. The van der Waals surface area contributed by atoms with E-state index in [0.717, 1.165) is 0 Å². The van der Waals surface area contributed by atoms with Crippen molar-refractivity contribution in [1.82, 2.24) is 4.98 Å². The SMILES string of the molecule is C=Cc1nc(C=O)ccc1OC. The average molecular weight is 163 g/mol. The number of hydrogen-bond donors (Lipinski definition) is 0. The molecule has 3 nitrogen and oxygen atoms in total. The summed E-state index contributed by atoms with van der Waals surface area (Å²) in [5.74, 6) is 0.621. The summed E-state index contributed by atoms with van der Waals surface area (Å²) in [6.07, 6.45) is 2.23. The minimum Gasteiger partial charge on any atom is -0.494 e. The number of ether oxygens (including phenoxy) is 1. The van der Waals surface area contributed by atoms with Gasteiger partial charge in [0.1, 0.15) is 17.1 Å². The van der Waals surface area contributed by atoms with Gasteiger partial charge < -0.3 is 4.74 Å². The fourth-order valence-corrected chi connectivity index (χ4v) is 0.862. The van der Waals surface area contributed by atoms with Gasteiger partial charge in [0, 0.05) is 0 Å². The summed E-state index contributed by atoms with van der Waals surface area (Å²) in [4.78, 5) is 14.3. The van der Waals surface area contributed by atoms with Gasteiger partial charge >= 0.3 is 0 Å². The predicted molar refractivity (Wildman–Crippen MR) is 46.3 cm³/mol. The van der Waals surface area contributed by atoms with E-state index in [0.29, 0.717) is 23.4 Å². The minimum absolute atomic E-state index is 0.380. The molecule has 0 amide bonds. The van der Waals surface area contributed by atoms with Crippen molar-refractivity contribution in [2.45, 2.75) is 0 Å². The zero-order valence-corrected chi connectivity index (χ0v) is 6.78. The number of carbonyl (C=O) groups is 1. The molecule has 1 aromatic heterocycles. The maximum atomic E-state index is 10.3. The van der Waals surface area contributed by atoms with E-state index in [2.05, 4.69) is 11.6 Å². The van der Waals surface area contributed by atoms with Gasteiger partial charge in [0.2, 0.25) is 0 Å². The van der Waals surface area contributed by atoms with E-state index >= 15 is 0 Å². The van der Waals surface area contributed by atoms with Crippen LogP contribution in [0.3, 0.4) is 0 Å². The summed E-state index contributed by atoms with van der Waals surface area (Å²) in [5, 5.41) is 0. The van der Waals surface area contributed by atoms with Gasteiger partial charge in [-0.05, 0) is 18.2 Å². The van der Waals surface area contributed by atoms with Crippen molar-refractivity contribution < 1.29 is 9.53 Å². The Morgan fingerprint density at radius 3 is 2.83 bits per heavy atom. The maximum absolute atomic E-state index is 10.3. The number of aromatic nitrogens is 1. The van der Waals surface area contributed by atoms with E-state index in [4.69, 9.17) is 4.74 Å². The van der Waals surface area contributed by atoms with Crippen molar-refractivity contribution in [2.24, 2.45) is 0 Å². The van der Waals surface area contributed by atoms with Crippen LogP contribution in [0.25, 0.3) is 6.08 Å². The molecule has 0 aliphatic carbocycles. The third kappa shape index (κ3) is 1.50. The first-order valence-corrected chi connectivity index (χ1v) is 3.44. The number of hydrogen-bond acceptors (Lipinski definition) is 3. The molecule has 0 atom stereocenters. The Morgan fingerprint density at radius 2 is 2.33 bits per heavy atom. The van der Waals surface area contributed by atoms with Crippen LogP contribution >= 0.6 is 0 Å². The van der Waals surface area contributed by atoms with E-state index in [-0.39, 0.29) is 0 Å². The van der Waals surface area contributed by atoms with E-state index in [9.17, 15) is 4.79 Å². The van der Waals surface area contributed by atoms with Crippen LogP contribution in [0.5, 0.6) is 5.75 Å². The molecule has 1 aromatic rings. The molecule has 0 bridgehead atoms. The van der Waals surface area contributed by atoms with Gasteiger partial charge in [0.05, 0.1) is 7.11 Å². The maximum Gasteiger partial charge on any atom is 0.168 e. The molecule has 0 aromatic carbocycles. The van der Waals surface area contributed by atoms with Gasteiger partial charge in [-0.2, -0.15) is 0 Å².